The van der Waals surface area contributed by atoms with Gasteiger partial charge in [0.1, 0.15) is 11.3 Å². The van der Waals surface area contributed by atoms with Crippen LogP contribution in [0.1, 0.15) is 20.8 Å². The van der Waals surface area contributed by atoms with Gasteiger partial charge in [0.05, 0.1) is 0 Å². The first-order valence-corrected chi connectivity index (χ1v) is 10.1. The second-order valence-electron chi connectivity index (χ2n) is 6.31. The van der Waals surface area contributed by atoms with Crippen LogP contribution in [0.25, 0.3) is 10.9 Å². The Kier molecular flexibility index (Phi) is 3.75. The van der Waals surface area contributed by atoms with E-state index in [-0.39, 0.29) is 5.04 Å². The SMILES string of the molecule is CC(C)(C)[Si](C)(C)Oc1ccc(Br)c2cccnc12. The highest BCUT2D eigenvalue weighted by atomic mass is 79.9. The molecule has 0 spiro atoms. The molecular formula is C15H20BrNOSi. The molecule has 0 unspecified atom stereocenters. The van der Waals surface area contributed by atoms with Crippen LogP contribution in [0.5, 0.6) is 5.75 Å². The Balaban J connectivity index is 2.51. The van der Waals surface area contributed by atoms with Crippen LogP contribution in [0.15, 0.2) is 34.9 Å². The zero-order chi connectivity index (χ0) is 14.3. The normalized spacial score (nSPS) is 12.7. The molecule has 0 saturated carbocycles. The number of hydrogen-bond acceptors (Lipinski definition) is 2. The van der Waals surface area contributed by atoms with Gasteiger partial charge in [-0.25, -0.2) is 0 Å². The van der Waals surface area contributed by atoms with Crippen LogP contribution in [0, 0.1) is 0 Å². The quantitative estimate of drug-likeness (QED) is 0.686. The van der Waals surface area contributed by atoms with Crippen LogP contribution in [0.3, 0.4) is 0 Å². The Labute approximate surface area is 124 Å². The summed E-state index contributed by atoms with van der Waals surface area (Å²) in [6.07, 6.45) is 1.81. The molecule has 0 radical (unpaired) electrons. The highest BCUT2D eigenvalue weighted by molar-refractivity contribution is 9.10. The summed E-state index contributed by atoms with van der Waals surface area (Å²) in [5, 5.41) is 1.28. The zero-order valence-corrected chi connectivity index (χ0v) is 14.7. The summed E-state index contributed by atoms with van der Waals surface area (Å²) in [7, 11) is -1.84. The van der Waals surface area contributed by atoms with Gasteiger partial charge in [0.25, 0.3) is 8.32 Å². The van der Waals surface area contributed by atoms with Gasteiger partial charge < -0.3 is 4.43 Å². The Morgan fingerprint density at radius 1 is 1.16 bits per heavy atom. The summed E-state index contributed by atoms with van der Waals surface area (Å²) in [5.41, 5.74) is 0.932. The fourth-order valence-corrected chi connectivity index (χ4v) is 3.10. The van der Waals surface area contributed by atoms with E-state index in [1.54, 1.807) is 0 Å². The van der Waals surface area contributed by atoms with Crippen molar-refractivity contribution in [3.63, 3.8) is 0 Å². The average molecular weight is 338 g/mol. The molecule has 0 bridgehead atoms. The summed E-state index contributed by atoms with van der Waals surface area (Å²) in [6.45, 7) is 11.2. The van der Waals surface area contributed by atoms with Crippen LogP contribution in [-0.2, 0) is 0 Å². The third-order valence-electron chi connectivity index (χ3n) is 3.85. The van der Waals surface area contributed by atoms with Crippen LogP contribution in [0.2, 0.25) is 18.1 Å². The van der Waals surface area contributed by atoms with Crippen molar-refractivity contribution in [1.29, 1.82) is 0 Å². The average Bonchev–Trinajstić information content (AvgIpc) is 2.32. The number of fused-ring (bicyclic) bond motifs is 1. The van der Waals surface area contributed by atoms with Crippen molar-refractivity contribution in [2.45, 2.75) is 38.9 Å². The molecule has 4 heteroatoms. The summed E-state index contributed by atoms with van der Waals surface area (Å²) in [6, 6.07) is 8.06. The first-order chi connectivity index (χ1) is 8.72. The van der Waals surface area contributed by atoms with E-state index in [0.717, 1.165) is 21.1 Å². The molecule has 1 aromatic heterocycles. The van der Waals surface area contributed by atoms with E-state index in [9.17, 15) is 0 Å². The first kappa shape index (κ1) is 14.5. The lowest BCUT2D eigenvalue weighted by atomic mass is 10.2. The molecule has 0 saturated heterocycles. The second kappa shape index (κ2) is 4.91. The maximum Gasteiger partial charge on any atom is 0.250 e. The molecule has 0 aliphatic rings. The van der Waals surface area contributed by atoms with E-state index < -0.39 is 8.32 Å². The molecule has 0 aliphatic heterocycles. The number of benzene rings is 1. The van der Waals surface area contributed by atoms with Crippen molar-refractivity contribution >= 4 is 35.2 Å². The molecule has 102 valence electrons. The van der Waals surface area contributed by atoms with Gasteiger partial charge in [0.2, 0.25) is 0 Å². The van der Waals surface area contributed by atoms with Crippen molar-refractivity contribution in [3.8, 4) is 5.75 Å². The van der Waals surface area contributed by atoms with Crippen molar-refractivity contribution in [2.24, 2.45) is 0 Å². The summed E-state index contributed by atoms with van der Waals surface area (Å²) < 4.78 is 7.44. The number of halogens is 1. The molecule has 0 fully saturated rings. The van der Waals surface area contributed by atoms with Crippen LogP contribution < -0.4 is 4.43 Å². The summed E-state index contributed by atoms with van der Waals surface area (Å²) >= 11 is 3.57. The monoisotopic (exact) mass is 337 g/mol. The van der Waals surface area contributed by atoms with Crippen LogP contribution in [-0.4, -0.2) is 13.3 Å². The molecule has 0 amide bonds. The largest absolute Gasteiger partial charge is 0.542 e. The molecule has 1 heterocycles. The second-order valence-corrected chi connectivity index (χ2v) is 11.9. The Hall–Kier alpha value is -0.873. The Morgan fingerprint density at radius 2 is 1.84 bits per heavy atom. The molecule has 0 N–H and O–H groups in total. The topological polar surface area (TPSA) is 22.1 Å². The molecule has 1 aromatic carbocycles. The lowest BCUT2D eigenvalue weighted by Crippen LogP contribution is -2.43. The minimum atomic E-state index is -1.84. The Bertz CT molecular complexity index is 605. The van der Waals surface area contributed by atoms with Crippen molar-refractivity contribution in [1.82, 2.24) is 4.98 Å². The van der Waals surface area contributed by atoms with Gasteiger partial charge in [-0.3, -0.25) is 4.98 Å². The van der Waals surface area contributed by atoms with Gasteiger partial charge in [-0.15, -0.1) is 0 Å². The first-order valence-electron chi connectivity index (χ1n) is 6.45. The van der Waals surface area contributed by atoms with E-state index in [2.05, 4.69) is 60.8 Å². The number of aromatic nitrogens is 1. The highest BCUT2D eigenvalue weighted by Gasteiger charge is 2.39. The third-order valence-corrected chi connectivity index (χ3v) is 8.88. The van der Waals surface area contributed by atoms with Crippen LogP contribution in [0.4, 0.5) is 0 Å². The van der Waals surface area contributed by atoms with Crippen molar-refractivity contribution in [3.05, 3.63) is 34.9 Å². The standard InChI is InChI=1S/C15H20BrNOSi/c1-15(2,3)19(4,5)18-13-9-8-12(16)11-7-6-10-17-14(11)13/h6-10H,1-5H3. The van der Waals surface area contributed by atoms with E-state index in [4.69, 9.17) is 4.43 Å². The van der Waals surface area contributed by atoms with E-state index in [1.807, 2.05) is 24.4 Å². The highest BCUT2D eigenvalue weighted by Crippen LogP contribution is 2.39. The van der Waals surface area contributed by atoms with Gasteiger partial charge in [0.15, 0.2) is 0 Å². The van der Waals surface area contributed by atoms with Crippen molar-refractivity contribution < 1.29 is 4.43 Å². The van der Waals surface area contributed by atoms with Gasteiger partial charge in [-0.1, -0.05) is 42.8 Å². The lowest BCUT2D eigenvalue weighted by molar-refractivity contribution is 0.495. The fraction of sp³-hybridized carbons (Fsp3) is 0.400. The predicted molar refractivity (Wildman–Crippen MR) is 87.3 cm³/mol. The van der Waals surface area contributed by atoms with E-state index in [1.165, 1.54) is 0 Å². The molecule has 0 aliphatic carbocycles. The minimum absolute atomic E-state index is 0.182. The third kappa shape index (κ3) is 2.84. The molecule has 0 atom stereocenters. The fourth-order valence-electron chi connectivity index (χ4n) is 1.62. The predicted octanol–water partition coefficient (Wildman–Crippen LogP) is 5.38. The number of rotatable bonds is 2. The maximum absolute atomic E-state index is 6.39. The van der Waals surface area contributed by atoms with Crippen LogP contribution >= 0.6 is 15.9 Å². The minimum Gasteiger partial charge on any atom is -0.542 e. The zero-order valence-electron chi connectivity index (χ0n) is 12.1. The number of hydrogen-bond donors (Lipinski definition) is 0. The Morgan fingerprint density at radius 3 is 2.47 bits per heavy atom. The summed E-state index contributed by atoms with van der Waals surface area (Å²) in [4.78, 5) is 4.48. The lowest BCUT2D eigenvalue weighted by Gasteiger charge is -2.36. The summed E-state index contributed by atoms with van der Waals surface area (Å²) in [5.74, 6) is 0.894. The molecular weight excluding hydrogens is 318 g/mol. The van der Waals surface area contributed by atoms with Gasteiger partial charge in [0, 0.05) is 16.1 Å². The molecule has 19 heavy (non-hydrogen) atoms. The van der Waals surface area contributed by atoms with E-state index in [0.29, 0.717) is 0 Å². The van der Waals surface area contributed by atoms with E-state index >= 15 is 0 Å². The number of nitrogens with zero attached hydrogens (tertiary/aromatic N) is 1. The maximum atomic E-state index is 6.39. The van der Waals surface area contributed by atoms with Gasteiger partial charge >= 0.3 is 0 Å². The smallest absolute Gasteiger partial charge is 0.250 e. The molecule has 2 aromatic rings. The van der Waals surface area contributed by atoms with Gasteiger partial charge in [-0.05, 0) is 36.3 Å². The molecule has 2 nitrogen and oxygen atoms in total. The van der Waals surface area contributed by atoms with Gasteiger partial charge in [-0.2, -0.15) is 0 Å². The number of pyridine rings is 1. The van der Waals surface area contributed by atoms with Crippen molar-refractivity contribution in [2.75, 3.05) is 0 Å². The molecule has 2 rings (SSSR count).